The van der Waals surface area contributed by atoms with E-state index >= 15 is 0 Å². The zero-order chi connectivity index (χ0) is 70.5. The highest BCUT2D eigenvalue weighted by atomic mass is 33.1. The number of unbranched alkanes of at least 4 members (excludes halogenated alkanes) is 40. The average Bonchev–Trinajstić information content (AvgIpc) is 1.43. The van der Waals surface area contributed by atoms with Gasteiger partial charge in [-0.05, 0) is 25.7 Å². The summed E-state index contributed by atoms with van der Waals surface area (Å²) in [6.07, 6.45) is 48.7. The number of esters is 4. The molecule has 0 aliphatic rings. The topological polar surface area (TPSA) is 275 Å². The van der Waals surface area contributed by atoms with E-state index in [1.165, 1.54) is 201 Å². The normalized spacial score (nSPS) is 13.4. The Morgan fingerprint density at radius 2 is 0.542 bits per heavy atom. The first-order valence-electron chi connectivity index (χ1n) is 38.3. The molecule has 4 atom stereocenters. The van der Waals surface area contributed by atoms with Gasteiger partial charge in [-0.1, -0.05) is 306 Å². The molecule has 0 spiro atoms. The van der Waals surface area contributed by atoms with Gasteiger partial charge in [-0.3, -0.25) is 46.9 Å². The van der Waals surface area contributed by atoms with Crippen LogP contribution in [0, 0.1) is 0 Å². The number of hydrogen-bond donors (Lipinski definition) is 4. The number of rotatable bonds is 75. The fraction of sp³-hybridized carbons (Fsp3) is 0.917. The van der Waals surface area contributed by atoms with Crippen LogP contribution in [-0.4, -0.2) is 122 Å². The van der Waals surface area contributed by atoms with E-state index in [1.807, 2.05) is 0 Å². The van der Waals surface area contributed by atoms with Gasteiger partial charge in [0.2, 0.25) is 11.8 Å². The van der Waals surface area contributed by atoms with Crippen LogP contribution in [0.25, 0.3) is 0 Å². The molecule has 24 heteroatoms. The molecule has 2 amide bonds. The van der Waals surface area contributed by atoms with E-state index in [1.54, 1.807) is 0 Å². The molecule has 0 fully saturated rings. The smallest absolute Gasteiger partial charge is 0.462 e. The Hall–Kier alpha value is -2.26. The standard InChI is InChI=1S/C72H138N2O18P2S2/c1-5-9-13-17-21-25-29-33-37-41-45-49-69(77)85-61-65(91-71(79)51-47-43-39-35-31-27-23-19-15-11-7-3)63-89-93(81,82)87-57-55-73-67(75)53-59-95-96-60-54-68(76)74-56-58-88-94(83,84)90-64-66(92-72(80)52-48-44-40-36-32-28-24-20-16-12-8-4)62-86-70(78)50-46-42-38-34-30-26-22-18-14-10-6-2/h65-66H,5-64H2,1-4H3,(H,73,75)(H,74,76)(H,81,82)(H,83,84). The predicted octanol–water partition coefficient (Wildman–Crippen LogP) is 19.4. The minimum atomic E-state index is -4.66. The van der Waals surface area contributed by atoms with E-state index in [2.05, 4.69) is 38.3 Å². The second-order valence-electron chi connectivity index (χ2n) is 25.8. The van der Waals surface area contributed by atoms with Crippen LogP contribution in [0.4, 0.5) is 0 Å². The highest BCUT2D eigenvalue weighted by molar-refractivity contribution is 8.76. The van der Waals surface area contributed by atoms with Crippen molar-refractivity contribution >= 4 is 72.9 Å². The average molecular weight is 1450 g/mol. The maximum absolute atomic E-state index is 12.9. The zero-order valence-electron chi connectivity index (χ0n) is 60.7. The van der Waals surface area contributed by atoms with Gasteiger partial charge in [0.05, 0.1) is 26.4 Å². The van der Waals surface area contributed by atoms with Gasteiger partial charge in [0.25, 0.3) is 0 Å². The van der Waals surface area contributed by atoms with Crippen molar-refractivity contribution in [2.45, 2.75) is 361 Å². The molecular weight excluding hydrogens is 1310 g/mol. The van der Waals surface area contributed by atoms with Crippen molar-refractivity contribution in [3.8, 4) is 0 Å². The molecule has 4 unspecified atom stereocenters. The summed E-state index contributed by atoms with van der Waals surface area (Å²) in [6.45, 7) is 6.21. The number of ether oxygens (including phenoxy) is 4. The highest BCUT2D eigenvalue weighted by Gasteiger charge is 2.28. The monoisotopic (exact) mass is 1440 g/mol. The molecular formula is C72H138N2O18P2S2. The number of nitrogens with one attached hydrogen (secondary N) is 2. The molecule has 20 nitrogen and oxygen atoms in total. The molecule has 0 bridgehead atoms. The third kappa shape index (κ3) is 68.9. The summed E-state index contributed by atoms with van der Waals surface area (Å²) in [7, 11) is -6.57. The van der Waals surface area contributed by atoms with Crippen LogP contribution in [0.5, 0.6) is 0 Å². The lowest BCUT2D eigenvalue weighted by Crippen LogP contribution is -2.30. The van der Waals surface area contributed by atoms with Crippen LogP contribution in [0.2, 0.25) is 0 Å². The Labute approximate surface area is 590 Å². The SMILES string of the molecule is CCCCCCCCCCCCCC(=O)OCC(COP(=O)(O)OCCNC(=O)CCSSCCC(=O)NCCOP(=O)(O)OCC(COC(=O)CCCCCCCCCCCCC)OC(=O)CCCCCCCCCCCCC)OC(=O)CCCCCCCCCCCCC. The number of hydrogen-bond acceptors (Lipinski definition) is 18. The third-order valence-corrected chi connectivity index (χ3v) is 20.9. The van der Waals surface area contributed by atoms with Crippen molar-refractivity contribution in [2.75, 3.05) is 64.2 Å². The van der Waals surface area contributed by atoms with E-state index in [9.17, 15) is 47.7 Å². The predicted molar refractivity (Wildman–Crippen MR) is 390 cm³/mol. The van der Waals surface area contributed by atoms with Crippen LogP contribution >= 0.6 is 37.2 Å². The summed E-state index contributed by atoms with van der Waals surface area (Å²) in [5.74, 6) is -1.77. The molecule has 0 radical (unpaired) electrons. The van der Waals surface area contributed by atoms with Crippen LogP contribution in [0.1, 0.15) is 349 Å². The largest absolute Gasteiger partial charge is 0.472 e. The summed E-state index contributed by atoms with van der Waals surface area (Å²) >= 11 is 0. The molecule has 0 aliphatic heterocycles. The van der Waals surface area contributed by atoms with Gasteiger partial charge in [-0.15, -0.1) is 0 Å². The number of amides is 2. The summed E-state index contributed by atoms with van der Waals surface area (Å²) in [4.78, 5) is 96.9. The zero-order valence-corrected chi connectivity index (χ0v) is 64.1. The van der Waals surface area contributed by atoms with E-state index in [-0.39, 0.29) is 89.9 Å². The van der Waals surface area contributed by atoms with E-state index in [4.69, 9.17) is 37.0 Å². The van der Waals surface area contributed by atoms with Gasteiger partial charge in [0.15, 0.2) is 12.2 Å². The lowest BCUT2D eigenvalue weighted by Gasteiger charge is -2.20. The molecule has 0 saturated heterocycles. The molecule has 566 valence electrons. The lowest BCUT2D eigenvalue weighted by atomic mass is 10.1. The number of phosphoric acid groups is 2. The van der Waals surface area contributed by atoms with Crippen molar-refractivity contribution < 1.29 is 84.7 Å². The summed E-state index contributed by atoms with van der Waals surface area (Å²) in [5, 5.41) is 5.24. The Balaban J connectivity index is 4.75. The second kappa shape index (κ2) is 69.8. The molecule has 0 rings (SSSR count). The molecule has 0 aliphatic carbocycles. The minimum Gasteiger partial charge on any atom is -0.462 e. The summed E-state index contributed by atoms with van der Waals surface area (Å²) < 4.78 is 68.2. The van der Waals surface area contributed by atoms with Gasteiger partial charge in [0.1, 0.15) is 13.2 Å². The molecule has 96 heavy (non-hydrogen) atoms. The van der Waals surface area contributed by atoms with Crippen LogP contribution in [-0.2, 0) is 74.9 Å². The van der Waals surface area contributed by atoms with Crippen molar-refractivity contribution in [2.24, 2.45) is 0 Å². The molecule has 0 aromatic heterocycles. The van der Waals surface area contributed by atoms with E-state index < -0.39 is 64.9 Å². The first-order valence-corrected chi connectivity index (χ1v) is 43.8. The maximum Gasteiger partial charge on any atom is 0.472 e. The fourth-order valence-electron chi connectivity index (χ4n) is 10.7. The van der Waals surface area contributed by atoms with Gasteiger partial charge >= 0.3 is 39.5 Å². The van der Waals surface area contributed by atoms with Gasteiger partial charge in [-0.25, -0.2) is 9.13 Å². The van der Waals surface area contributed by atoms with Gasteiger partial charge in [-0.2, -0.15) is 0 Å². The highest BCUT2D eigenvalue weighted by Crippen LogP contribution is 2.44. The van der Waals surface area contributed by atoms with E-state index in [0.717, 1.165) is 77.0 Å². The third-order valence-electron chi connectivity index (χ3n) is 16.5. The number of phosphoric ester groups is 2. The summed E-state index contributed by atoms with van der Waals surface area (Å²) in [6, 6.07) is 0. The Bertz CT molecular complexity index is 1830. The summed E-state index contributed by atoms with van der Waals surface area (Å²) in [5.41, 5.74) is 0. The molecule has 0 aromatic rings. The van der Waals surface area contributed by atoms with Crippen molar-refractivity contribution in [3.05, 3.63) is 0 Å². The fourth-order valence-corrected chi connectivity index (χ4v) is 14.2. The Morgan fingerprint density at radius 3 is 0.792 bits per heavy atom. The van der Waals surface area contributed by atoms with Crippen molar-refractivity contribution in [1.82, 2.24) is 10.6 Å². The first-order chi connectivity index (χ1) is 46.6. The minimum absolute atomic E-state index is 0.0908. The van der Waals surface area contributed by atoms with Gasteiger partial charge < -0.3 is 39.4 Å². The molecule has 0 saturated carbocycles. The molecule has 0 aromatic carbocycles. The number of carbonyl (C=O) groups is 6. The van der Waals surface area contributed by atoms with E-state index in [0.29, 0.717) is 37.2 Å². The Morgan fingerprint density at radius 1 is 0.312 bits per heavy atom. The van der Waals surface area contributed by atoms with Crippen LogP contribution < -0.4 is 10.6 Å². The first kappa shape index (κ1) is 93.7. The molecule has 0 heterocycles. The van der Waals surface area contributed by atoms with Crippen molar-refractivity contribution in [3.63, 3.8) is 0 Å². The maximum atomic E-state index is 12.9. The van der Waals surface area contributed by atoms with Crippen LogP contribution in [0.15, 0.2) is 0 Å². The number of carbonyl (C=O) groups excluding carboxylic acids is 6. The second-order valence-corrected chi connectivity index (χ2v) is 31.4. The van der Waals surface area contributed by atoms with Gasteiger partial charge in [0, 0.05) is 63.1 Å². The van der Waals surface area contributed by atoms with Crippen molar-refractivity contribution in [1.29, 1.82) is 0 Å². The molecule has 4 N–H and O–H groups in total. The Kier molecular flexibility index (Phi) is 68.2. The quantitative estimate of drug-likeness (QED) is 0.0145. The van der Waals surface area contributed by atoms with Crippen LogP contribution in [0.3, 0.4) is 0 Å². The lowest BCUT2D eigenvalue weighted by molar-refractivity contribution is -0.161.